The molecule has 1 amide bonds. The van der Waals surface area contributed by atoms with Crippen LogP contribution in [0.4, 0.5) is 0 Å². The first kappa shape index (κ1) is 17.3. The third-order valence-electron chi connectivity index (χ3n) is 4.15. The van der Waals surface area contributed by atoms with Gasteiger partial charge in [0.25, 0.3) is 0 Å². The zero-order chi connectivity index (χ0) is 18.5. The van der Waals surface area contributed by atoms with Gasteiger partial charge in [-0.1, -0.05) is 24.3 Å². The van der Waals surface area contributed by atoms with E-state index in [1.54, 1.807) is 35.3 Å². The summed E-state index contributed by atoms with van der Waals surface area (Å²) in [5.74, 6) is -0.471. The Morgan fingerprint density at radius 3 is 2.35 bits per heavy atom. The Hall–Kier alpha value is -3.50. The molecule has 0 saturated carbocycles. The van der Waals surface area contributed by atoms with Gasteiger partial charge in [-0.05, 0) is 42.3 Å². The minimum atomic E-state index is -0.646. The van der Waals surface area contributed by atoms with Crippen molar-refractivity contribution in [2.45, 2.75) is 19.0 Å². The van der Waals surface area contributed by atoms with E-state index in [1.807, 2.05) is 31.2 Å². The first-order chi connectivity index (χ1) is 12.6. The number of nitrogens with one attached hydrogen (secondary N) is 1. The van der Waals surface area contributed by atoms with Crippen LogP contribution < -0.4 is 11.1 Å². The third-order valence-corrected chi connectivity index (χ3v) is 4.15. The molecule has 7 heteroatoms. The molecule has 3 rings (SSSR count). The molecule has 2 atom stereocenters. The summed E-state index contributed by atoms with van der Waals surface area (Å²) in [7, 11) is 0. The summed E-state index contributed by atoms with van der Waals surface area (Å²) in [6, 6.07) is 15.9. The lowest BCUT2D eigenvalue weighted by Crippen LogP contribution is -2.35. The van der Waals surface area contributed by atoms with E-state index >= 15 is 0 Å². The zero-order valence-corrected chi connectivity index (χ0v) is 14.2. The summed E-state index contributed by atoms with van der Waals surface area (Å²) in [4.78, 5) is 15.8. The van der Waals surface area contributed by atoms with E-state index in [2.05, 4.69) is 21.5 Å². The zero-order valence-electron chi connectivity index (χ0n) is 14.2. The maximum atomic E-state index is 11.9. The lowest BCUT2D eigenvalue weighted by molar-refractivity contribution is -0.120. The van der Waals surface area contributed by atoms with Crippen molar-refractivity contribution >= 4 is 5.91 Å². The molecule has 0 fully saturated rings. The third kappa shape index (κ3) is 3.77. The van der Waals surface area contributed by atoms with E-state index in [9.17, 15) is 4.79 Å². The van der Waals surface area contributed by atoms with Crippen LogP contribution in [0.25, 0.3) is 5.69 Å². The fourth-order valence-electron chi connectivity index (χ4n) is 2.70. The lowest BCUT2D eigenvalue weighted by Gasteiger charge is -2.22. The summed E-state index contributed by atoms with van der Waals surface area (Å²) in [6.45, 7) is 1.96. The first-order valence-corrected chi connectivity index (χ1v) is 8.09. The van der Waals surface area contributed by atoms with Crippen LogP contribution in [0.5, 0.6) is 0 Å². The second-order valence-corrected chi connectivity index (χ2v) is 5.89. The van der Waals surface area contributed by atoms with Crippen molar-refractivity contribution in [3.63, 3.8) is 0 Å². The van der Waals surface area contributed by atoms with Gasteiger partial charge < -0.3 is 5.73 Å². The second-order valence-electron chi connectivity index (χ2n) is 5.89. The van der Waals surface area contributed by atoms with Crippen LogP contribution >= 0.6 is 0 Å². The van der Waals surface area contributed by atoms with Crippen molar-refractivity contribution in [3.05, 3.63) is 77.9 Å². The summed E-state index contributed by atoms with van der Waals surface area (Å²) in [6.07, 6.45) is 3.11. The molecular formula is C19H18N6O. The van der Waals surface area contributed by atoms with Gasteiger partial charge in [-0.3, -0.25) is 10.1 Å². The summed E-state index contributed by atoms with van der Waals surface area (Å²) < 4.78 is 1.67. The van der Waals surface area contributed by atoms with Crippen molar-refractivity contribution in [1.29, 1.82) is 5.26 Å². The van der Waals surface area contributed by atoms with Crippen LogP contribution in [0.3, 0.4) is 0 Å². The molecule has 0 spiro atoms. The van der Waals surface area contributed by atoms with Gasteiger partial charge in [0.1, 0.15) is 18.7 Å². The molecule has 0 aliphatic heterocycles. The lowest BCUT2D eigenvalue weighted by atomic mass is 10.0. The van der Waals surface area contributed by atoms with Crippen LogP contribution in [-0.2, 0) is 4.79 Å². The van der Waals surface area contributed by atoms with Crippen molar-refractivity contribution in [3.8, 4) is 11.8 Å². The number of nitriles is 1. The summed E-state index contributed by atoms with van der Waals surface area (Å²) >= 11 is 0. The molecule has 0 aliphatic carbocycles. The number of benzene rings is 2. The van der Waals surface area contributed by atoms with Crippen LogP contribution in [0.1, 0.15) is 35.7 Å². The molecule has 0 aliphatic rings. The van der Waals surface area contributed by atoms with Gasteiger partial charge in [0.05, 0.1) is 17.3 Å². The number of nitrogens with zero attached hydrogens (tertiary/aromatic N) is 4. The monoisotopic (exact) mass is 346 g/mol. The van der Waals surface area contributed by atoms with Gasteiger partial charge in [-0.25, -0.2) is 9.67 Å². The molecule has 2 aromatic carbocycles. The normalized spacial score (nSPS) is 12.9. The fraction of sp³-hybridized carbons (Fsp3) is 0.158. The number of carbonyl (C=O) groups is 1. The average molecular weight is 346 g/mol. The minimum absolute atomic E-state index is 0.104. The van der Waals surface area contributed by atoms with E-state index in [0.717, 1.165) is 16.8 Å². The SMILES string of the molecule is C[C@H](N[C@H](C(N)=O)c1ccc(C#N)cc1)c1ccc(-n2cncn2)cc1. The second kappa shape index (κ2) is 7.59. The number of carbonyl (C=O) groups excluding carboxylic acids is 1. The average Bonchev–Trinajstić information content (AvgIpc) is 3.21. The molecule has 0 radical (unpaired) electrons. The minimum Gasteiger partial charge on any atom is -0.368 e. The molecular weight excluding hydrogens is 328 g/mol. The quantitative estimate of drug-likeness (QED) is 0.709. The van der Waals surface area contributed by atoms with Gasteiger partial charge in [0.15, 0.2) is 0 Å². The van der Waals surface area contributed by atoms with E-state index < -0.39 is 11.9 Å². The first-order valence-electron chi connectivity index (χ1n) is 8.09. The van der Waals surface area contributed by atoms with Crippen LogP contribution in [0.2, 0.25) is 0 Å². The number of aromatic nitrogens is 3. The Morgan fingerprint density at radius 2 is 1.81 bits per heavy atom. The predicted octanol–water partition coefficient (Wildman–Crippen LogP) is 2.02. The maximum absolute atomic E-state index is 11.9. The number of nitrogens with two attached hydrogens (primary N) is 1. The molecule has 0 saturated heterocycles. The number of amides is 1. The number of rotatable bonds is 6. The van der Waals surface area contributed by atoms with E-state index in [1.165, 1.54) is 6.33 Å². The van der Waals surface area contributed by atoms with Gasteiger partial charge >= 0.3 is 0 Å². The smallest absolute Gasteiger partial charge is 0.239 e. The fourth-order valence-corrected chi connectivity index (χ4v) is 2.70. The van der Waals surface area contributed by atoms with Crippen molar-refractivity contribution in [1.82, 2.24) is 20.1 Å². The molecule has 0 bridgehead atoms. The van der Waals surface area contributed by atoms with Gasteiger partial charge in [0, 0.05) is 6.04 Å². The Kier molecular flexibility index (Phi) is 5.06. The Morgan fingerprint density at radius 1 is 1.15 bits per heavy atom. The molecule has 1 heterocycles. The van der Waals surface area contributed by atoms with Crippen LogP contribution in [0, 0.1) is 11.3 Å². The van der Waals surface area contributed by atoms with Crippen LogP contribution in [0.15, 0.2) is 61.2 Å². The Labute approximate surface area is 151 Å². The number of hydrogen-bond donors (Lipinski definition) is 2. The highest BCUT2D eigenvalue weighted by atomic mass is 16.1. The highest BCUT2D eigenvalue weighted by Gasteiger charge is 2.20. The van der Waals surface area contributed by atoms with Gasteiger partial charge in [-0.2, -0.15) is 10.4 Å². The highest BCUT2D eigenvalue weighted by molar-refractivity contribution is 5.81. The standard InChI is InChI=1S/C19H18N6O/c1-13(15-6-8-17(9-7-15)25-12-22-11-23-25)24-18(19(21)26)16-4-2-14(10-20)3-5-16/h2-9,11-13,18,24H,1H3,(H2,21,26)/t13-,18-/m0/s1. The summed E-state index contributed by atoms with van der Waals surface area (Å²) in [5.41, 5.74) is 8.74. The number of hydrogen-bond acceptors (Lipinski definition) is 5. The topological polar surface area (TPSA) is 110 Å². The molecule has 0 unspecified atom stereocenters. The molecule has 26 heavy (non-hydrogen) atoms. The van der Waals surface area contributed by atoms with Crippen molar-refractivity contribution < 1.29 is 4.79 Å². The number of primary amides is 1. The van der Waals surface area contributed by atoms with E-state index in [4.69, 9.17) is 11.0 Å². The molecule has 1 aromatic heterocycles. The van der Waals surface area contributed by atoms with E-state index in [0.29, 0.717) is 5.56 Å². The van der Waals surface area contributed by atoms with Gasteiger partial charge in [-0.15, -0.1) is 0 Å². The molecule has 3 aromatic rings. The molecule has 3 N–H and O–H groups in total. The molecule has 130 valence electrons. The molecule has 7 nitrogen and oxygen atoms in total. The maximum Gasteiger partial charge on any atom is 0.239 e. The van der Waals surface area contributed by atoms with E-state index in [-0.39, 0.29) is 6.04 Å². The van der Waals surface area contributed by atoms with Crippen molar-refractivity contribution in [2.75, 3.05) is 0 Å². The summed E-state index contributed by atoms with van der Waals surface area (Å²) in [5, 5.41) is 16.2. The Bertz CT molecular complexity index is 910. The predicted molar refractivity (Wildman–Crippen MR) is 96.0 cm³/mol. The largest absolute Gasteiger partial charge is 0.368 e. The highest BCUT2D eigenvalue weighted by Crippen LogP contribution is 2.21. The van der Waals surface area contributed by atoms with Crippen molar-refractivity contribution in [2.24, 2.45) is 5.73 Å². The Balaban J connectivity index is 1.76. The van der Waals surface area contributed by atoms with Gasteiger partial charge in [0.2, 0.25) is 5.91 Å². The van der Waals surface area contributed by atoms with Crippen LogP contribution in [-0.4, -0.2) is 20.7 Å².